The van der Waals surface area contributed by atoms with Gasteiger partial charge in [0.15, 0.2) is 5.75 Å². The van der Waals surface area contributed by atoms with Crippen LogP contribution in [0.4, 0.5) is 23.4 Å². The van der Waals surface area contributed by atoms with Gasteiger partial charge in [-0.05, 0) is 52.6 Å². The molecule has 4 saturated heterocycles. The third kappa shape index (κ3) is 10.8. The number of halogens is 4. The molecule has 0 aliphatic carbocycles. The number of nitrogens with one attached hydrogen (secondary N) is 2. The average molecular weight is 1150 g/mol. The van der Waals surface area contributed by atoms with Crippen LogP contribution in [0.3, 0.4) is 0 Å². The lowest BCUT2D eigenvalue weighted by Crippen LogP contribution is -2.50. The Balaban J connectivity index is 0.809. The highest BCUT2D eigenvalue weighted by Crippen LogP contribution is 2.45. The summed E-state index contributed by atoms with van der Waals surface area (Å²) in [7, 11) is 0. The number of amides is 2. The molecule has 12 rings (SSSR count). The van der Waals surface area contributed by atoms with E-state index in [1.165, 1.54) is 52.0 Å². The molecule has 0 saturated carbocycles. The maximum Gasteiger partial charge on any atom is 0.319 e. The maximum absolute atomic E-state index is 15.6. The summed E-state index contributed by atoms with van der Waals surface area (Å²) in [6.07, 6.45) is 10.2. The largest absolute Gasteiger partial charge is 0.508 e. The van der Waals surface area contributed by atoms with Crippen molar-refractivity contribution in [3.05, 3.63) is 137 Å². The van der Waals surface area contributed by atoms with Gasteiger partial charge in [0.25, 0.3) is 0 Å². The minimum Gasteiger partial charge on any atom is -0.508 e. The van der Waals surface area contributed by atoms with E-state index in [1.54, 1.807) is 18.5 Å². The molecule has 3 aromatic heterocycles. The summed E-state index contributed by atoms with van der Waals surface area (Å²) in [4.78, 5) is 47.1. The van der Waals surface area contributed by atoms with Gasteiger partial charge < -0.3 is 50.0 Å². The van der Waals surface area contributed by atoms with Crippen molar-refractivity contribution in [2.75, 3.05) is 44.4 Å². The summed E-state index contributed by atoms with van der Waals surface area (Å²) >= 11 is 0. The first-order valence-corrected chi connectivity index (χ1v) is 27.8. The van der Waals surface area contributed by atoms with Crippen molar-refractivity contribution >= 4 is 39.3 Å². The zero-order valence-electron chi connectivity index (χ0n) is 45.7. The first-order chi connectivity index (χ1) is 40.6. The van der Waals surface area contributed by atoms with E-state index in [1.807, 2.05) is 38.1 Å². The summed E-state index contributed by atoms with van der Waals surface area (Å²) in [5, 5.41) is 49.0. The Hall–Kier alpha value is -8.75. The number of aromatic hydroxyl groups is 1. The third-order valence-corrected chi connectivity index (χ3v) is 16.2. The number of terminal acetylenes is 1. The Kier molecular flexibility index (Phi) is 15.4. The fraction of sp³-hybridized carbons (Fsp3) is 0.339. The van der Waals surface area contributed by atoms with Gasteiger partial charge in [-0.3, -0.25) is 14.6 Å². The number of pyridine rings is 1. The molecule has 4 aliphatic heterocycles. The Morgan fingerprint density at radius 3 is 2.37 bits per heavy atom. The molecule has 18 nitrogen and oxygen atoms in total. The number of aliphatic hydroxyl groups is 2. The number of piperazine rings is 1. The molecule has 7 heterocycles. The molecular formula is C62H58F4N10O8. The molecule has 4 aliphatic rings. The number of rotatable bonds is 16. The summed E-state index contributed by atoms with van der Waals surface area (Å²) in [5.74, 6) is -2.13. The SMILES string of the molecule is C#Cc1c(F)ccc2cc(O)cc(-c3ncc4c(N5C[C@@H]6C[C@H]5CN6)nc(OC5CCOCC5)nc4c3OCc3ccc(-c4cn([C@H](C(=O)N5C[C@H](O)C[C@H]5C(=O)N[C@@H](CO)c5ccc(-c6c(F)cc(F)cc6F)cc5)C(C)C)nn4)cc3)c12. The number of ether oxygens (including phenoxy) is 3. The molecule has 8 aromatic rings. The Bertz CT molecular complexity index is 3850. The molecule has 2 amide bonds. The second kappa shape index (κ2) is 23.1. The molecular weight excluding hydrogens is 1090 g/mol. The molecule has 0 unspecified atom stereocenters. The standard InChI is InChI=1S/C62H58F4N10O8/c1-4-44-47(64)14-13-37-19-41(78)23-45(53(37)44)55-58(56-46(26-68-55)59(74-27-39-22-40(74)25-67-39)71-62(70-56)84-43-15-17-82-18-16-43)83-31-33-5-7-34(8-6-33)50-29-76(73-72-50)57(32(2)3)61(81)75-28-42(79)24-52(75)60(80)69-51(30-77)35-9-11-36(12-10-35)54-48(65)20-38(63)21-49(54)66/h1,5-14,19-21,23,26,29,32,39-40,42-43,51-52,57,67,77-79H,15-18,22,24-25,27-28,30-31H2,2-3H3,(H,69,80)/t39-,40-,42+,51-,52-,57-/m0/s1. The van der Waals surface area contributed by atoms with Crippen LogP contribution < -0.4 is 25.0 Å². The number of β-amino-alcohol motifs (C(OH)–C–C–N with tert-alkyl or cyclic N) is 1. The number of carbonyl (C=O) groups excluding carboxylic acids is 2. The first-order valence-electron chi connectivity index (χ1n) is 27.8. The maximum atomic E-state index is 15.6. The number of anilines is 1. The Morgan fingerprint density at radius 2 is 1.68 bits per heavy atom. The number of phenols is 1. The lowest BCUT2D eigenvalue weighted by atomic mass is 9.95. The van der Waals surface area contributed by atoms with Gasteiger partial charge in [0.1, 0.15) is 76.5 Å². The molecule has 2 bridgehead atoms. The van der Waals surface area contributed by atoms with E-state index in [-0.39, 0.29) is 78.0 Å². The molecule has 6 atom stereocenters. The lowest BCUT2D eigenvalue weighted by Gasteiger charge is -2.30. The number of phenolic OH excluding ortho intramolecular Hbond substituents is 1. The third-order valence-electron chi connectivity index (χ3n) is 16.2. The van der Waals surface area contributed by atoms with E-state index in [0.29, 0.717) is 100 Å². The van der Waals surface area contributed by atoms with Gasteiger partial charge in [-0.25, -0.2) is 22.2 Å². The second-order valence-corrected chi connectivity index (χ2v) is 22.0. The zero-order chi connectivity index (χ0) is 58.5. The summed E-state index contributed by atoms with van der Waals surface area (Å²) < 4.78 is 78.7. The van der Waals surface area contributed by atoms with Crippen LogP contribution in [0.15, 0.2) is 97.3 Å². The number of hydrogen-bond acceptors (Lipinski definition) is 15. The molecule has 4 fully saturated rings. The van der Waals surface area contributed by atoms with E-state index in [0.717, 1.165) is 13.0 Å². The summed E-state index contributed by atoms with van der Waals surface area (Å²) in [6, 6.07) is 17.5. The lowest BCUT2D eigenvalue weighted by molar-refractivity contribution is -0.142. The summed E-state index contributed by atoms with van der Waals surface area (Å²) in [6.45, 7) is 5.45. The number of aromatic nitrogens is 6. The van der Waals surface area contributed by atoms with Crippen molar-refractivity contribution in [2.45, 2.75) is 88.6 Å². The second-order valence-electron chi connectivity index (χ2n) is 22.0. The first kappa shape index (κ1) is 55.8. The van der Waals surface area contributed by atoms with Crippen molar-refractivity contribution in [2.24, 2.45) is 5.92 Å². The van der Waals surface area contributed by atoms with E-state index in [9.17, 15) is 38.1 Å². The Morgan fingerprint density at radius 1 is 0.929 bits per heavy atom. The molecule has 5 aromatic carbocycles. The number of hydrogen-bond donors (Lipinski definition) is 5. The zero-order valence-corrected chi connectivity index (χ0v) is 45.7. The van der Waals surface area contributed by atoms with Crippen molar-refractivity contribution in [3.63, 3.8) is 0 Å². The fourth-order valence-electron chi connectivity index (χ4n) is 12.0. The number of carbonyl (C=O) groups is 2. The molecule has 0 radical (unpaired) electrons. The van der Waals surface area contributed by atoms with Crippen LogP contribution in [0.2, 0.25) is 0 Å². The number of nitrogens with zero attached hydrogens (tertiary/aromatic N) is 8. The van der Waals surface area contributed by atoms with Crippen molar-refractivity contribution < 1.29 is 56.7 Å². The van der Waals surface area contributed by atoms with E-state index in [2.05, 4.69) is 31.8 Å². The number of benzene rings is 5. The van der Waals surface area contributed by atoms with Crippen LogP contribution >= 0.6 is 0 Å². The van der Waals surface area contributed by atoms with Crippen molar-refractivity contribution in [3.8, 4) is 63.5 Å². The van der Waals surface area contributed by atoms with E-state index >= 15 is 4.39 Å². The van der Waals surface area contributed by atoms with Gasteiger partial charge in [-0.2, -0.15) is 9.97 Å². The van der Waals surface area contributed by atoms with Crippen LogP contribution in [0.5, 0.6) is 17.5 Å². The van der Waals surface area contributed by atoms with E-state index in [4.69, 9.17) is 35.6 Å². The highest BCUT2D eigenvalue weighted by molar-refractivity contribution is 6.05. The number of fused-ring (bicyclic) bond motifs is 4. The quantitative estimate of drug-likeness (QED) is 0.0462. The van der Waals surface area contributed by atoms with Crippen LogP contribution in [-0.4, -0.2) is 132 Å². The van der Waals surface area contributed by atoms with Gasteiger partial charge in [0.05, 0.1) is 54.7 Å². The van der Waals surface area contributed by atoms with Gasteiger partial charge >= 0.3 is 6.01 Å². The van der Waals surface area contributed by atoms with Crippen molar-refractivity contribution in [1.82, 2.24) is 45.5 Å². The molecule has 5 N–H and O–H groups in total. The van der Waals surface area contributed by atoms with Crippen LogP contribution in [0.1, 0.15) is 68.3 Å². The minimum absolute atomic E-state index is 0.0121. The smallest absolute Gasteiger partial charge is 0.319 e. The molecule has 84 heavy (non-hydrogen) atoms. The van der Waals surface area contributed by atoms with Crippen LogP contribution in [-0.2, 0) is 20.9 Å². The molecule has 432 valence electrons. The predicted molar refractivity (Wildman–Crippen MR) is 301 cm³/mol. The van der Waals surface area contributed by atoms with Gasteiger partial charge in [-0.15, -0.1) is 11.5 Å². The normalized spacial score (nSPS) is 19.5. The number of likely N-dealkylation sites (tertiary alicyclic amines) is 1. The van der Waals surface area contributed by atoms with Gasteiger partial charge in [-0.1, -0.05) is 79.6 Å². The summed E-state index contributed by atoms with van der Waals surface area (Å²) in [5.41, 5.74) is 2.78. The van der Waals surface area contributed by atoms with Crippen LogP contribution in [0, 0.1) is 41.5 Å². The predicted octanol–water partition coefficient (Wildman–Crippen LogP) is 7.71. The van der Waals surface area contributed by atoms with E-state index < -0.39 is 71.5 Å². The topological polar surface area (TPSA) is 222 Å². The monoisotopic (exact) mass is 1150 g/mol. The Labute approximate surface area is 479 Å². The molecule has 0 spiro atoms. The average Bonchev–Trinajstić information content (AvgIpc) is 1.41. The van der Waals surface area contributed by atoms with Crippen molar-refractivity contribution in [1.29, 1.82) is 0 Å². The number of aliphatic hydroxyl groups excluding tert-OH is 2. The molecule has 22 heteroatoms. The minimum atomic E-state index is -1.13. The van der Waals surface area contributed by atoms with Gasteiger partial charge in [0, 0.05) is 85.8 Å². The highest BCUT2D eigenvalue weighted by Gasteiger charge is 2.44. The fourth-order valence-corrected chi connectivity index (χ4v) is 12.0. The van der Waals surface area contributed by atoms with Crippen LogP contribution in [0.25, 0.3) is 55.3 Å². The van der Waals surface area contributed by atoms with Gasteiger partial charge in [0.2, 0.25) is 11.8 Å². The highest BCUT2D eigenvalue weighted by atomic mass is 19.1.